The number of nitrogens with one attached hydrogen (secondary N) is 2. The third-order valence-corrected chi connectivity index (χ3v) is 5.56. The van der Waals surface area contributed by atoms with Crippen LogP contribution in [-0.4, -0.2) is 44.5 Å². The van der Waals surface area contributed by atoms with E-state index in [0.717, 1.165) is 31.4 Å². The highest BCUT2D eigenvalue weighted by Crippen LogP contribution is 2.25. The van der Waals surface area contributed by atoms with Crippen molar-refractivity contribution in [1.82, 2.24) is 14.6 Å². The molecule has 1 fully saturated rings. The molecule has 0 amide bonds. The minimum absolute atomic E-state index is 0.00258. The number of hydrogen-bond acceptors (Lipinski definition) is 4. The lowest BCUT2D eigenvalue weighted by Crippen LogP contribution is -2.43. The van der Waals surface area contributed by atoms with Gasteiger partial charge in [-0.05, 0) is 51.2 Å². The normalized spacial score (nSPS) is 18.3. The Labute approximate surface area is 124 Å². The van der Waals surface area contributed by atoms with E-state index in [1.54, 1.807) is 18.2 Å². The van der Waals surface area contributed by atoms with Gasteiger partial charge in [0.05, 0.1) is 0 Å². The van der Waals surface area contributed by atoms with Gasteiger partial charge in [-0.1, -0.05) is 0 Å². The van der Waals surface area contributed by atoms with Gasteiger partial charge in [-0.25, -0.2) is 13.1 Å². The van der Waals surface area contributed by atoms with Gasteiger partial charge in [-0.2, -0.15) is 0 Å². The number of hydrogen-bond donors (Lipinski definition) is 3. The van der Waals surface area contributed by atoms with Gasteiger partial charge in [0.1, 0.15) is 4.90 Å². The van der Waals surface area contributed by atoms with E-state index in [1.807, 2.05) is 7.05 Å². The van der Waals surface area contributed by atoms with Gasteiger partial charge < -0.3 is 15.6 Å². The predicted octanol–water partition coefficient (Wildman–Crippen LogP) is 1.12. The molecule has 6 nitrogen and oxygen atoms in total. The van der Waals surface area contributed by atoms with Crippen molar-refractivity contribution in [1.29, 1.82) is 0 Å². The van der Waals surface area contributed by atoms with Crippen molar-refractivity contribution in [2.75, 3.05) is 25.9 Å². The second kappa shape index (κ2) is 5.32. The average Bonchev–Trinajstić information content (AvgIpc) is 2.85. The van der Waals surface area contributed by atoms with E-state index < -0.39 is 10.0 Å². The molecule has 1 aliphatic rings. The Morgan fingerprint density at radius 1 is 1.33 bits per heavy atom. The molecular formula is C14H20N4O2S. The van der Waals surface area contributed by atoms with E-state index in [4.69, 9.17) is 5.73 Å². The van der Waals surface area contributed by atoms with E-state index in [2.05, 4.69) is 14.6 Å². The fourth-order valence-electron chi connectivity index (χ4n) is 2.74. The third-order valence-electron chi connectivity index (χ3n) is 4.00. The summed E-state index contributed by atoms with van der Waals surface area (Å²) >= 11 is 0. The number of anilines is 1. The van der Waals surface area contributed by atoms with Crippen LogP contribution >= 0.6 is 0 Å². The number of sulfonamides is 1. The van der Waals surface area contributed by atoms with Crippen LogP contribution in [0.25, 0.3) is 10.9 Å². The van der Waals surface area contributed by atoms with Crippen LogP contribution in [0.3, 0.4) is 0 Å². The summed E-state index contributed by atoms with van der Waals surface area (Å²) in [7, 11) is -1.48. The SMILES string of the molecule is CN1CCC(NS(=O)(=O)c2c[nH]c3ccc(N)cc23)CC1. The second-order valence-electron chi connectivity index (χ2n) is 5.66. The summed E-state index contributed by atoms with van der Waals surface area (Å²) in [5.74, 6) is 0. The number of piperidine rings is 1. The molecule has 0 unspecified atom stereocenters. The fraction of sp³-hybridized carbons (Fsp3) is 0.429. The molecule has 0 aliphatic carbocycles. The Morgan fingerprint density at radius 3 is 2.76 bits per heavy atom. The van der Waals surface area contributed by atoms with Gasteiger partial charge in [0.25, 0.3) is 0 Å². The lowest BCUT2D eigenvalue weighted by Gasteiger charge is -2.29. The molecule has 1 saturated heterocycles. The monoisotopic (exact) mass is 308 g/mol. The second-order valence-corrected chi connectivity index (χ2v) is 7.34. The number of rotatable bonds is 3. The third kappa shape index (κ3) is 2.90. The zero-order chi connectivity index (χ0) is 15.0. The van der Waals surface area contributed by atoms with Crippen LogP contribution < -0.4 is 10.5 Å². The zero-order valence-corrected chi connectivity index (χ0v) is 12.8. The summed E-state index contributed by atoms with van der Waals surface area (Å²) in [6, 6.07) is 5.23. The van der Waals surface area contributed by atoms with E-state index in [-0.39, 0.29) is 10.9 Å². The van der Waals surface area contributed by atoms with Crippen molar-refractivity contribution in [2.45, 2.75) is 23.8 Å². The smallest absolute Gasteiger partial charge is 0.242 e. The number of nitrogens with two attached hydrogens (primary N) is 1. The molecule has 7 heteroatoms. The van der Waals surface area contributed by atoms with Gasteiger partial charge in [-0.15, -0.1) is 0 Å². The molecule has 4 N–H and O–H groups in total. The van der Waals surface area contributed by atoms with Crippen molar-refractivity contribution in [3.8, 4) is 0 Å². The number of H-pyrrole nitrogens is 1. The van der Waals surface area contributed by atoms with Crippen LogP contribution in [0.5, 0.6) is 0 Å². The van der Waals surface area contributed by atoms with Gasteiger partial charge >= 0.3 is 0 Å². The molecule has 2 heterocycles. The summed E-state index contributed by atoms with van der Waals surface area (Å²) in [5.41, 5.74) is 7.08. The van der Waals surface area contributed by atoms with E-state index in [9.17, 15) is 8.42 Å². The van der Waals surface area contributed by atoms with Crippen LogP contribution in [0.4, 0.5) is 5.69 Å². The highest BCUT2D eigenvalue weighted by Gasteiger charge is 2.25. The molecule has 1 aromatic heterocycles. The summed E-state index contributed by atoms with van der Waals surface area (Å²) in [6.07, 6.45) is 3.20. The highest BCUT2D eigenvalue weighted by molar-refractivity contribution is 7.89. The molecule has 0 radical (unpaired) electrons. The standard InChI is InChI=1S/C14H20N4O2S/c1-18-6-4-11(5-7-18)17-21(19,20)14-9-16-13-3-2-10(15)8-12(13)14/h2-3,8-9,11,16-17H,4-7,15H2,1H3. The van der Waals surface area contributed by atoms with Crippen LogP contribution in [0, 0.1) is 0 Å². The molecule has 0 atom stereocenters. The molecule has 114 valence electrons. The van der Waals surface area contributed by atoms with Crippen LogP contribution in [-0.2, 0) is 10.0 Å². The lowest BCUT2D eigenvalue weighted by molar-refractivity contribution is 0.248. The number of benzene rings is 1. The van der Waals surface area contributed by atoms with Gasteiger partial charge in [-0.3, -0.25) is 0 Å². The molecule has 0 spiro atoms. The Morgan fingerprint density at radius 2 is 2.05 bits per heavy atom. The average molecular weight is 308 g/mol. The Bertz CT molecular complexity index is 745. The molecule has 21 heavy (non-hydrogen) atoms. The first-order valence-electron chi connectivity index (χ1n) is 7.03. The minimum Gasteiger partial charge on any atom is -0.399 e. The van der Waals surface area contributed by atoms with Gasteiger partial charge in [0.2, 0.25) is 10.0 Å². The summed E-state index contributed by atoms with van der Waals surface area (Å²) in [5, 5.41) is 0.635. The Hall–Kier alpha value is -1.57. The molecule has 2 aromatic rings. The molecular weight excluding hydrogens is 288 g/mol. The largest absolute Gasteiger partial charge is 0.399 e. The van der Waals surface area contributed by atoms with Crippen molar-refractivity contribution in [3.05, 3.63) is 24.4 Å². The topological polar surface area (TPSA) is 91.2 Å². The minimum atomic E-state index is -3.53. The van der Waals surface area contributed by atoms with Crippen LogP contribution in [0.2, 0.25) is 0 Å². The molecule has 3 rings (SSSR count). The van der Waals surface area contributed by atoms with Crippen molar-refractivity contribution < 1.29 is 8.42 Å². The highest BCUT2D eigenvalue weighted by atomic mass is 32.2. The zero-order valence-electron chi connectivity index (χ0n) is 12.0. The van der Waals surface area contributed by atoms with Crippen LogP contribution in [0.15, 0.2) is 29.3 Å². The fourth-order valence-corrected chi connectivity index (χ4v) is 4.22. The van der Waals surface area contributed by atoms with Gasteiger partial charge in [0, 0.05) is 28.8 Å². The van der Waals surface area contributed by atoms with E-state index >= 15 is 0 Å². The Kier molecular flexibility index (Phi) is 3.64. The number of nitrogens with zero attached hydrogens (tertiary/aromatic N) is 1. The number of likely N-dealkylation sites (tertiary alicyclic amines) is 1. The van der Waals surface area contributed by atoms with Crippen LogP contribution in [0.1, 0.15) is 12.8 Å². The van der Waals surface area contributed by atoms with Gasteiger partial charge in [0.15, 0.2) is 0 Å². The first kappa shape index (κ1) is 14.4. The van der Waals surface area contributed by atoms with Crippen molar-refractivity contribution in [2.24, 2.45) is 0 Å². The number of aromatic amines is 1. The number of fused-ring (bicyclic) bond motifs is 1. The van der Waals surface area contributed by atoms with E-state index in [0.29, 0.717) is 11.1 Å². The lowest BCUT2D eigenvalue weighted by atomic mass is 10.1. The number of aromatic nitrogens is 1. The first-order chi connectivity index (χ1) is 9.95. The summed E-state index contributed by atoms with van der Waals surface area (Å²) < 4.78 is 28.0. The van der Waals surface area contributed by atoms with Crippen molar-refractivity contribution >= 4 is 26.6 Å². The first-order valence-corrected chi connectivity index (χ1v) is 8.51. The molecule has 0 saturated carbocycles. The predicted molar refractivity (Wildman–Crippen MR) is 83.6 cm³/mol. The maximum Gasteiger partial charge on any atom is 0.242 e. The molecule has 1 aliphatic heterocycles. The molecule has 1 aromatic carbocycles. The maximum absolute atomic E-state index is 12.6. The summed E-state index contributed by atoms with van der Waals surface area (Å²) in [6.45, 7) is 1.82. The Balaban J connectivity index is 1.88. The summed E-state index contributed by atoms with van der Waals surface area (Å²) in [4.78, 5) is 5.46. The number of nitrogen functional groups attached to an aromatic ring is 1. The molecule has 0 bridgehead atoms. The van der Waals surface area contributed by atoms with E-state index in [1.165, 1.54) is 6.20 Å². The quantitative estimate of drug-likeness (QED) is 0.741. The maximum atomic E-state index is 12.6. The van der Waals surface area contributed by atoms with Crippen molar-refractivity contribution in [3.63, 3.8) is 0 Å².